The van der Waals surface area contributed by atoms with Crippen LogP contribution in [0, 0.1) is 6.92 Å². The van der Waals surface area contributed by atoms with Crippen LogP contribution in [0.3, 0.4) is 0 Å². The van der Waals surface area contributed by atoms with Crippen molar-refractivity contribution in [3.63, 3.8) is 0 Å². The maximum Gasteiger partial charge on any atom is 0.146 e. The topological polar surface area (TPSA) is 34.4 Å². The summed E-state index contributed by atoms with van der Waals surface area (Å²) in [5, 5.41) is 4.44. The molecule has 0 aliphatic rings. The fourth-order valence-corrected chi connectivity index (χ4v) is 2.44. The van der Waals surface area contributed by atoms with Gasteiger partial charge in [0.25, 0.3) is 0 Å². The van der Waals surface area contributed by atoms with E-state index in [1.54, 1.807) is 18.2 Å². The second-order valence-corrected chi connectivity index (χ2v) is 5.68. The fourth-order valence-electron chi connectivity index (χ4n) is 1.98. The molecule has 0 amide bonds. The summed E-state index contributed by atoms with van der Waals surface area (Å²) >= 11 is 11.9. The second-order valence-electron chi connectivity index (χ2n) is 4.83. The lowest BCUT2D eigenvalue weighted by Gasteiger charge is -2.06. The van der Waals surface area contributed by atoms with Crippen molar-refractivity contribution in [1.29, 1.82) is 0 Å². The lowest BCUT2D eigenvalue weighted by atomic mass is 10.2. The molecule has 1 heterocycles. The highest BCUT2D eigenvalue weighted by Gasteiger charge is 2.09. The molecule has 0 atom stereocenters. The molecule has 114 valence electrons. The zero-order valence-electron chi connectivity index (χ0n) is 12.2. The molecule has 0 fully saturated rings. The molecule has 0 unspecified atom stereocenters. The average molecular weight is 328 g/mol. The van der Waals surface area contributed by atoms with E-state index in [9.17, 15) is 0 Å². The van der Waals surface area contributed by atoms with Gasteiger partial charge >= 0.3 is 0 Å². The Kier molecular flexibility index (Phi) is 5.97. The van der Waals surface area contributed by atoms with Gasteiger partial charge in [-0.05, 0) is 44.2 Å². The Labute approximate surface area is 135 Å². The highest BCUT2D eigenvalue weighted by Crippen LogP contribution is 2.28. The number of hydrogen-bond acceptors (Lipinski definition) is 3. The number of benzene rings is 1. The summed E-state index contributed by atoms with van der Waals surface area (Å²) in [5.74, 6) is 2.30. The molecule has 0 saturated heterocycles. The Morgan fingerprint density at radius 2 is 2.05 bits per heavy atom. The average Bonchev–Trinajstić information content (AvgIpc) is 2.79. The van der Waals surface area contributed by atoms with Crippen LogP contribution in [-0.2, 0) is 13.2 Å². The first-order chi connectivity index (χ1) is 10.1. The minimum Gasteiger partial charge on any atom is -0.484 e. The molecule has 3 nitrogen and oxygen atoms in total. The van der Waals surface area contributed by atoms with Gasteiger partial charge in [-0.25, -0.2) is 0 Å². The van der Waals surface area contributed by atoms with Crippen LogP contribution in [0.1, 0.15) is 30.4 Å². The molecule has 2 aromatic rings. The quantitative estimate of drug-likeness (QED) is 0.729. The maximum atomic E-state index is 6.07. The predicted molar refractivity (Wildman–Crippen MR) is 86.2 cm³/mol. The summed E-state index contributed by atoms with van der Waals surface area (Å²) in [4.78, 5) is 0. The molecule has 5 heteroatoms. The van der Waals surface area contributed by atoms with Crippen LogP contribution < -0.4 is 10.1 Å². The number of ether oxygens (including phenoxy) is 1. The van der Waals surface area contributed by atoms with E-state index in [1.165, 1.54) is 0 Å². The monoisotopic (exact) mass is 327 g/mol. The van der Waals surface area contributed by atoms with Gasteiger partial charge in [-0.3, -0.25) is 0 Å². The summed E-state index contributed by atoms with van der Waals surface area (Å²) < 4.78 is 11.4. The van der Waals surface area contributed by atoms with Gasteiger partial charge in [0.2, 0.25) is 0 Å². The molecular formula is C16H19Cl2NO2. The van der Waals surface area contributed by atoms with Crippen LogP contribution in [0.2, 0.25) is 10.0 Å². The van der Waals surface area contributed by atoms with Crippen molar-refractivity contribution in [3.8, 4) is 5.75 Å². The third-order valence-electron chi connectivity index (χ3n) is 3.08. The van der Waals surface area contributed by atoms with Crippen LogP contribution in [0.15, 0.2) is 28.7 Å². The first-order valence-electron chi connectivity index (χ1n) is 6.97. The third kappa shape index (κ3) is 4.67. The minimum atomic E-state index is 0.343. The maximum absolute atomic E-state index is 6.07. The van der Waals surface area contributed by atoms with Crippen molar-refractivity contribution in [3.05, 3.63) is 51.4 Å². The Morgan fingerprint density at radius 1 is 1.24 bits per heavy atom. The van der Waals surface area contributed by atoms with Crippen LogP contribution in [0.4, 0.5) is 0 Å². The van der Waals surface area contributed by atoms with Crippen molar-refractivity contribution >= 4 is 23.2 Å². The second kappa shape index (κ2) is 7.74. The number of nitrogens with one attached hydrogen (secondary N) is 1. The number of rotatable bonds is 7. The van der Waals surface area contributed by atoms with E-state index in [1.807, 2.05) is 13.0 Å². The minimum absolute atomic E-state index is 0.343. The lowest BCUT2D eigenvalue weighted by Crippen LogP contribution is -2.13. The van der Waals surface area contributed by atoms with Gasteiger partial charge in [-0.1, -0.05) is 30.1 Å². The van der Waals surface area contributed by atoms with Gasteiger partial charge in [0.1, 0.15) is 23.9 Å². The van der Waals surface area contributed by atoms with Gasteiger partial charge in [0.05, 0.1) is 5.02 Å². The number of halogens is 2. The van der Waals surface area contributed by atoms with E-state index >= 15 is 0 Å². The zero-order valence-corrected chi connectivity index (χ0v) is 13.7. The molecule has 21 heavy (non-hydrogen) atoms. The number of aryl methyl sites for hydroxylation is 1. The first-order valence-corrected chi connectivity index (χ1v) is 7.72. The largest absolute Gasteiger partial charge is 0.484 e. The van der Waals surface area contributed by atoms with E-state index in [2.05, 4.69) is 12.2 Å². The first kappa shape index (κ1) is 16.2. The molecule has 0 bridgehead atoms. The van der Waals surface area contributed by atoms with Crippen LogP contribution in [0.25, 0.3) is 0 Å². The Morgan fingerprint density at radius 3 is 2.76 bits per heavy atom. The smallest absolute Gasteiger partial charge is 0.146 e. The van der Waals surface area contributed by atoms with Gasteiger partial charge < -0.3 is 14.5 Å². The molecule has 0 radical (unpaired) electrons. The summed E-state index contributed by atoms with van der Waals surface area (Å²) in [6.45, 7) is 6.25. The van der Waals surface area contributed by atoms with Gasteiger partial charge in [-0.15, -0.1) is 0 Å². The van der Waals surface area contributed by atoms with Crippen LogP contribution in [-0.4, -0.2) is 6.54 Å². The van der Waals surface area contributed by atoms with Crippen LogP contribution >= 0.6 is 23.2 Å². The molecule has 1 aromatic heterocycles. The summed E-state index contributed by atoms with van der Waals surface area (Å²) in [6, 6.07) is 7.17. The van der Waals surface area contributed by atoms with Gasteiger partial charge in [0.15, 0.2) is 0 Å². The lowest BCUT2D eigenvalue weighted by molar-refractivity contribution is 0.267. The van der Waals surface area contributed by atoms with Crippen molar-refractivity contribution in [2.24, 2.45) is 0 Å². The molecular weight excluding hydrogens is 309 g/mol. The Balaban J connectivity index is 1.95. The van der Waals surface area contributed by atoms with Gasteiger partial charge in [-0.2, -0.15) is 0 Å². The van der Waals surface area contributed by atoms with Gasteiger partial charge in [0, 0.05) is 17.1 Å². The van der Waals surface area contributed by atoms with E-state index in [4.69, 9.17) is 32.4 Å². The Hall–Kier alpha value is -1.16. The normalized spacial score (nSPS) is 10.9. The van der Waals surface area contributed by atoms with Crippen molar-refractivity contribution in [2.75, 3.05) is 6.54 Å². The highest BCUT2D eigenvalue weighted by molar-refractivity contribution is 6.35. The molecule has 2 rings (SSSR count). The van der Waals surface area contributed by atoms with E-state index in [-0.39, 0.29) is 0 Å². The fraction of sp³-hybridized carbons (Fsp3) is 0.375. The molecule has 0 saturated carbocycles. The predicted octanol–water partition coefficient (Wildman–Crippen LogP) is 4.97. The third-order valence-corrected chi connectivity index (χ3v) is 3.61. The highest BCUT2D eigenvalue weighted by atomic mass is 35.5. The molecule has 1 aromatic carbocycles. The molecule has 0 aliphatic heterocycles. The van der Waals surface area contributed by atoms with E-state index < -0.39 is 0 Å². The zero-order chi connectivity index (χ0) is 15.2. The van der Waals surface area contributed by atoms with Crippen molar-refractivity contribution in [2.45, 2.75) is 33.4 Å². The van der Waals surface area contributed by atoms with E-state index in [0.717, 1.165) is 36.6 Å². The standard InChI is InChI=1S/C16H19Cl2NO2/c1-3-6-19-9-12-7-14(21-11(12)2)10-20-16-5-4-13(17)8-15(16)18/h4-5,7-8,19H,3,6,9-10H2,1-2H3. The number of hydrogen-bond donors (Lipinski definition) is 1. The summed E-state index contributed by atoms with van der Waals surface area (Å²) in [7, 11) is 0. The molecule has 0 aliphatic carbocycles. The molecule has 0 spiro atoms. The SMILES string of the molecule is CCCNCc1cc(COc2ccc(Cl)cc2Cl)oc1C. The summed E-state index contributed by atoms with van der Waals surface area (Å²) in [5.41, 5.74) is 1.16. The molecule has 1 N–H and O–H groups in total. The van der Waals surface area contributed by atoms with Crippen molar-refractivity contribution < 1.29 is 9.15 Å². The van der Waals surface area contributed by atoms with Crippen LogP contribution in [0.5, 0.6) is 5.75 Å². The summed E-state index contributed by atoms with van der Waals surface area (Å²) in [6.07, 6.45) is 1.11. The Bertz CT molecular complexity index is 596. The number of furan rings is 1. The van der Waals surface area contributed by atoms with E-state index in [0.29, 0.717) is 22.4 Å². The van der Waals surface area contributed by atoms with Crippen molar-refractivity contribution in [1.82, 2.24) is 5.32 Å².